The number of rotatable bonds is 4. The Kier molecular flexibility index (Phi) is 7.17. The van der Waals surface area contributed by atoms with Gasteiger partial charge in [0.1, 0.15) is 0 Å². The minimum atomic E-state index is 1.08. The van der Waals surface area contributed by atoms with Crippen LogP contribution in [0.2, 0.25) is 0 Å². The van der Waals surface area contributed by atoms with Gasteiger partial charge in [0.05, 0.1) is 27.8 Å². The van der Waals surface area contributed by atoms with Crippen molar-refractivity contribution in [2.75, 3.05) is 0 Å². The molecule has 0 radical (unpaired) electrons. The first-order valence-electron chi connectivity index (χ1n) is 21.1. The fraction of sp³-hybridized carbons (Fsp3) is 0.0345. The summed E-state index contributed by atoms with van der Waals surface area (Å²) in [6.45, 7) is 0. The summed E-state index contributed by atoms with van der Waals surface area (Å²) in [5.74, 6) is 0. The maximum absolute atomic E-state index is 2.54. The predicted octanol–water partition coefficient (Wildman–Crippen LogP) is 15.5. The van der Waals surface area contributed by atoms with Crippen molar-refractivity contribution in [2.45, 2.75) is 12.8 Å². The highest BCUT2D eigenvalue weighted by Gasteiger charge is 2.26. The highest BCUT2D eigenvalue weighted by Crippen LogP contribution is 2.49. The van der Waals surface area contributed by atoms with Gasteiger partial charge in [0, 0.05) is 38.4 Å². The van der Waals surface area contributed by atoms with Crippen LogP contribution < -0.4 is 0 Å². The second-order valence-corrected chi connectivity index (χ2v) is 16.4. The van der Waals surface area contributed by atoms with Gasteiger partial charge in [0.25, 0.3) is 0 Å². The smallest absolute Gasteiger partial charge is 0.0620 e. The van der Waals surface area contributed by atoms with Crippen molar-refractivity contribution in [1.29, 1.82) is 0 Å². The molecule has 0 N–H and O–H groups in total. The van der Waals surface area contributed by atoms with Gasteiger partial charge in [-0.1, -0.05) is 146 Å². The summed E-state index contributed by atoms with van der Waals surface area (Å²) in [6.07, 6.45) is 6.81. The van der Waals surface area contributed by atoms with Crippen LogP contribution >= 0.6 is 0 Å². The van der Waals surface area contributed by atoms with E-state index in [1.807, 2.05) is 0 Å². The van der Waals surface area contributed by atoms with Crippen LogP contribution in [0.3, 0.4) is 0 Å². The summed E-state index contributed by atoms with van der Waals surface area (Å²) in [7, 11) is 0. The molecule has 0 bridgehead atoms. The van der Waals surface area contributed by atoms with Crippen LogP contribution in [0.15, 0.2) is 200 Å². The highest BCUT2D eigenvalue weighted by molar-refractivity contribution is 6.18. The molecular formula is C58H38N2. The summed E-state index contributed by atoms with van der Waals surface area (Å²) < 4.78 is 4.95. The van der Waals surface area contributed by atoms with Crippen LogP contribution in [0.1, 0.15) is 17.5 Å². The van der Waals surface area contributed by atoms with E-state index in [0.717, 1.165) is 18.5 Å². The lowest BCUT2D eigenvalue weighted by Crippen LogP contribution is -2.01. The zero-order valence-corrected chi connectivity index (χ0v) is 32.9. The minimum Gasteiger partial charge on any atom is -0.309 e. The summed E-state index contributed by atoms with van der Waals surface area (Å²) in [5, 5.41) is 5.08. The van der Waals surface area contributed by atoms with Crippen molar-refractivity contribution in [3.63, 3.8) is 0 Å². The number of hydrogen-bond donors (Lipinski definition) is 0. The number of para-hydroxylation sites is 2. The molecule has 0 spiro atoms. The highest BCUT2D eigenvalue weighted by atomic mass is 15.0. The molecule has 3 heterocycles. The van der Waals surface area contributed by atoms with Crippen LogP contribution in [0.25, 0.3) is 117 Å². The average Bonchev–Trinajstić information content (AvgIpc) is 3.80. The number of aromatic nitrogens is 2. The molecule has 13 rings (SSSR count). The Morgan fingerprint density at radius 1 is 0.350 bits per heavy atom. The van der Waals surface area contributed by atoms with Crippen molar-refractivity contribution in [3.8, 4) is 67.0 Å². The SMILES string of the molecule is C1=Cc2cc3c(cc2CC1)-c1ccccc1-c1cc(-c2ccc(-c4ccc5c(c4)c4ccccc4n5-c4cccc(-c5ccccc5)c4)cc2)cc2c4ccccc4n-3c12. The third kappa shape index (κ3) is 4.95. The molecule has 280 valence electrons. The second-order valence-electron chi connectivity index (χ2n) is 16.4. The first kappa shape index (κ1) is 33.3. The van der Waals surface area contributed by atoms with E-state index in [1.54, 1.807) is 0 Å². The largest absolute Gasteiger partial charge is 0.309 e. The van der Waals surface area contributed by atoms with E-state index >= 15 is 0 Å². The molecule has 1 aliphatic carbocycles. The summed E-state index contributed by atoms with van der Waals surface area (Å²) in [4.78, 5) is 0. The molecule has 0 atom stereocenters. The lowest BCUT2D eigenvalue weighted by molar-refractivity contribution is 0.983. The molecule has 1 aliphatic heterocycles. The summed E-state index contributed by atoms with van der Waals surface area (Å²) in [6, 6.07) is 72.2. The number of nitrogens with zero attached hydrogens (tertiary/aromatic N) is 2. The van der Waals surface area contributed by atoms with Gasteiger partial charge in [0.2, 0.25) is 0 Å². The summed E-state index contributed by atoms with van der Waals surface area (Å²) in [5.41, 5.74) is 22.6. The Hall–Kier alpha value is -7.68. The topological polar surface area (TPSA) is 9.86 Å². The van der Waals surface area contributed by atoms with Crippen LogP contribution in [-0.2, 0) is 6.42 Å². The van der Waals surface area contributed by atoms with Crippen molar-refractivity contribution >= 4 is 49.7 Å². The molecule has 60 heavy (non-hydrogen) atoms. The van der Waals surface area contributed by atoms with Gasteiger partial charge < -0.3 is 9.13 Å². The van der Waals surface area contributed by atoms with E-state index in [1.165, 1.54) is 116 Å². The third-order valence-corrected chi connectivity index (χ3v) is 13.1. The van der Waals surface area contributed by atoms with Gasteiger partial charge in [-0.25, -0.2) is 0 Å². The lowest BCUT2D eigenvalue weighted by atomic mass is 9.88. The van der Waals surface area contributed by atoms with E-state index in [9.17, 15) is 0 Å². The van der Waals surface area contributed by atoms with E-state index in [-0.39, 0.29) is 0 Å². The Labute approximate surface area is 348 Å². The van der Waals surface area contributed by atoms with Crippen molar-refractivity contribution in [3.05, 3.63) is 211 Å². The van der Waals surface area contributed by atoms with Crippen molar-refractivity contribution in [1.82, 2.24) is 9.13 Å². The zero-order valence-electron chi connectivity index (χ0n) is 32.9. The molecule has 9 aromatic carbocycles. The third-order valence-electron chi connectivity index (χ3n) is 13.1. The van der Waals surface area contributed by atoms with Gasteiger partial charge in [-0.3, -0.25) is 0 Å². The van der Waals surface area contributed by atoms with Crippen molar-refractivity contribution < 1.29 is 0 Å². The number of fused-ring (bicyclic) bond motifs is 12. The molecule has 0 saturated heterocycles. The maximum atomic E-state index is 2.54. The number of benzene rings is 9. The normalized spacial score (nSPS) is 12.8. The van der Waals surface area contributed by atoms with Gasteiger partial charge in [0.15, 0.2) is 0 Å². The molecule has 2 aromatic heterocycles. The Morgan fingerprint density at radius 3 is 1.77 bits per heavy atom. The fourth-order valence-corrected chi connectivity index (χ4v) is 10.3. The van der Waals surface area contributed by atoms with Crippen LogP contribution in [0, 0.1) is 0 Å². The van der Waals surface area contributed by atoms with E-state index in [0.29, 0.717) is 0 Å². The number of hydrogen-bond acceptors (Lipinski definition) is 0. The molecule has 11 aromatic rings. The van der Waals surface area contributed by atoms with Gasteiger partial charge in [-0.2, -0.15) is 0 Å². The van der Waals surface area contributed by atoms with Crippen LogP contribution in [0.5, 0.6) is 0 Å². The Bertz CT molecular complexity index is 3580. The van der Waals surface area contributed by atoms with Crippen LogP contribution in [0.4, 0.5) is 0 Å². The lowest BCUT2D eigenvalue weighted by Gasteiger charge is -2.18. The second kappa shape index (κ2) is 12.9. The predicted molar refractivity (Wildman–Crippen MR) is 253 cm³/mol. The van der Waals surface area contributed by atoms with Gasteiger partial charge in [-0.15, -0.1) is 0 Å². The average molecular weight is 763 g/mol. The van der Waals surface area contributed by atoms with Gasteiger partial charge in [-0.05, 0) is 129 Å². The van der Waals surface area contributed by atoms with E-state index in [4.69, 9.17) is 0 Å². The molecule has 2 aliphatic rings. The standard InChI is InChI=1S/C58H38N2/c1-2-13-37(14-3-1)40-17-12-18-45(31-40)59-54-23-10-8-21-48(54)51-33-43(29-30-56(51)59)38-25-27-39(28-26-38)44-34-52-47-20-7-6-19-46(47)50-32-41-15-4-5-16-42(41)36-57(50)60-55-24-11-9-22-49(55)53(35-44)58(52)60/h1-3,5-14,16-36H,4,15H2. The molecule has 0 unspecified atom stereocenters. The van der Waals surface area contributed by atoms with E-state index < -0.39 is 0 Å². The minimum absolute atomic E-state index is 1.08. The molecule has 2 nitrogen and oxygen atoms in total. The summed E-state index contributed by atoms with van der Waals surface area (Å²) >= 11 is 0. The molecule has 0 saturated carbocycles. The zero-order chi connectivity index (χ0) is 39.3. The Morgan fingerprint density at radius 2 is 0.950 bits per heavy atom. The quantitative estimate of drug-likeness (QED) is 0.169. The molecular weight excluding hydrogens is 725 g/mol. The van der Waals surface area contributed by atoms with Gasteiger partial charge >= 0.3 is 0 Å². The molecule has 2 heteroatoms. The molecule has 0 amide bonds. The fourth-order valence-electron chi connectivity index (χ4n) is 10.3. The Balaban J connectivity index is 0.942. The molecule has 0 fully saturated rings. The number of allylic oxidation sites excluding steroid dienone is 1. The van der Waals surface area contributed by atoms with Crippen molar-refractivity contribution in [2.24, 2.45) is 0 Å². The first-order valence-corrected chi connectivity index (χ1v) is 21.1. The van der Waals surface area contributed by atoms with E-state index in [2.05, 4.69) is 215 Å². The first-order chi connectivity index (χ1) is 29.7. The number of aryl methyl sites for hydroxylation is 1. The van der Waals surface area contributed by atoms with Crippen LogP contribution in [-0.4, -0.2) is 9.13 Å². The maximum Gasteiger partial charge on any atom is 0.0620 e. The monoisotopic (exact) mass is 762 g/mol.